The number of rotatable bonds is 7. The highest BCUT2D eigenvalue weighted by atomic mass is 35.5. The van der Waals surface area contributed by atoms with Crippen molar-refractivity contribution < 1.29 is 13.2 Å². The molecule has 0 aliphatic carbocycles. The number of sulfonamides is 1. The van der Waals surface area contributed by atoms with Crippen molar-refractivity contribution >= 4 is 44.6 Å². The third kappa shape index (κ3) is 5.79. The summed E-state index contributed by atoms with van der Waals surface area (Å²) in [5, 5.41) is 6.93. The average Bonchev–Trinajstić information content (AvgIpc) is 2.61. The lowest BCUT2D eigenvalue weighted by Gasteiger charge is -2.26. The highest BCUT2D eigenvalue weighted by Gasteiger charge is 2.26. The van der Waals surface area contributed by atoms with Gasteiger partial charge < -0.3 is 15.4 Å². The SMILES string of the molecule is CCCCCNC(=S)Nc1cc(S(=O)(=O)N2CCOCC2)ccc1Cl. The lowest BCUT2D eigenvalue weighted by atomic mass is 10.2. The second-order valence-electron chi connectivity index (χ2n) is 5.75. The van der Waals surface area contributed by atoms with Gasteiger partial charge in [-0.15, -0.1) is 0 Å². The summed E-state index contributed by atoms with van der Waals surface area (Å²) in [7, 11) is -3.57. The maximum Gasteiger partial charge on any atom is 0.243 e. The zero-order chi connectivity index (χ0) is 18.3. The molecule has 1 aromatic rings. The van der Waals surface area contributed by atoms with E-state index in [9.17, 15) is 8.42 Å². The van der Waals surface area contributed by atoms with E-state index in [1.54, 1.807) is 6.07 Å². The van der Waals surface area contributed by atoms with Gasteiger partial charge in [-0.3, -0.25) is 0 Å². The van der Waals surface area contributed by atoms with Crippen LogP contribution in [0.1, 0.15) is 26.2 Å². The molecule has 140 valence electrons. The molecule has 1 saturated heterocycles. The molecular formula is C16H24ClN3O3S2. The molecule has 25 heavy (non-hydrogen) atoms. The van der Waals surface area contributed by atoms with Gasteiger partial charge in [0, 0.05) is 19.6 Å². The van der Waals surface area contributed by atoms with Crippen LogP contribution in [-0.2, 0) is 14.8 Å². The van der Waals surface area contributed by atoms with Crippen LogP contribution in [0.3, 0.4) is 0 Å². The van der Waals surface area contributed by atoms with E-state index in [1.165, 1.54) is 16.4 Å². The first-order chi connectivity index (χ1) is 11.9. The van der Waals surface area contributed by atoms with Gasteiger partial charge in [0.25, 0.3) is 0 Å². The zero-order valence-corrected chi connectivity index (χ0v) is 16.6. The molecule has 0 aromatic heterocycles. The van der Waals surface area contributed by atoms with Crippen LogP contribution in [-0.4, -0.2) is 50.7 Å². The third-order valence-corrected chi connectivity index (χ3v) is 6.33. The molecule has 0 radical (unpaired) electrons. The van der Waals surface area contributed by atoms with Crippen molar-refractivity contribution in [2.24, 2.45) is 0 Å². The molecule has 0 spiro atoms. The number of anilines is 1. The third-order valence-electron chi connectivity index (χ3n) is 3.86. The number of morpholine rings is 1. The summed E-state index contributed by atoms with van der Waals surface area (Å²) in [6.07, 6.45) is 3.29. The summed E-state index contributed by atoms with van der Waals surface area (Å²) in [6.45, 7) is 4.42. The minimum atomic E-state index is -3.57. The second-order valence-corrected chi connectivity index (χ2v) is 8.50. The van der Waals surface area contributed by atoms with E-state index >= 15 is 0 Å². The van der Waals surface area contributed by atoms with Gasteiger partial charge in [0.15, 0.2) is 5.11 Å². The molecule has 0 unspecified atom stereocenters. The van der Waals surface area contributed by atoms with E-state index in [-0.39, 0.29) is 4.90 Å². The van der Waals surface area contributed by atoms with Crippen LogP contribution in [0.15, 0.2) is 23.1 Å². The number of nitrogens with one attached hydrogen (secondary N) is 2. The Morgan fingerprint density at radius 2 is 2.04 bits per heavy atom. The number of hydrogen-bond donors (Lipinski definition) is 2. The number of ether oxygens (including phenoxy) is 1. The lowest BCUT2D eigenvalue weighted by molar-refractivity contribution is 0.0730. The average molecular weight is 406 g/mol. The van der Waals surface area contributed by atoms with E-state index in [0.29, 0.717) is 42.1 Å². The molecule has 0 bridgehead atoms. The van der Waals surface area contributed by atoms with Crippen molar-refractivity contribution in [1.82, 2.24) is 9.62 Å². The quantitative estimate of drug-likeness (QED) is 0.537. The minimum Gasteiger partial charge on any atom is -0.379 e. The van der Waals surface area contributed by atoms with Crippen molar-refractivity contribution in [2.45, 2.75) is 31.1 Å². The lowest BCUT2D eigenvalue weighted by Crippen LogP contribution is -2.40. The predicted octanol–water partition coefficient (Wildman–Crippen LogP) is 2.84. The fourth-order valence-corrected chi connectivity index (χ4v) is 4.25. The first kappa shape index (κ1) is 20.4. The Morgan fingerprint density at radius 3 is 2.72 bits per heavy atom. The molecule has 0 amide bonds. The Hall–Kier alpha value is -0.930. The topological polar surface area (TPSA) is 70.7 Å². The molecule has 6 nitrogen and oxygen atoms in total. The molecular weight excluding hydrogens is 382 g/mol. The first-order valence-electron chi connectivity index (χ1n) is 8.37. The second kappa shape index (κ2) is 9.68. The first-order valence-corrected chi connectivity index (χ1v) is 10.6. The van der Waals surface area contributed by atoms with Gasteiger partial charge in [0.05, 0.1) is 28.8 Å². The van der Waals surface area contributed by atoms with Crippen LogP contribution >= 0.6 is 23.8 Å². The maximum atomic E-state index is 12.7. The Morgan fingerprint density at radius 1 is 1.32 bits per heavy atom. The van der Waals surface area contributed by atoms with Crippen LogP contribution < -0.4 is 10.6 Å². The summed E-state index contributed by atoms with van der Waals surface area (Å²) in [4.78, 5) is 0.190. The Labute approximate surface area is 159 Å². The van der Waals surface area contributed by atoms with Crippen LogP contribution in [0.25, 0.3) is 0 Å². The molecule has 1 aliphatic heterocycles. The summed E-state index contributed by atoms with van der Waals surface area (Å²) in [5.74, 6) is 0. The van der Waals surface area contributed by atoms with Gasteiger partial charge in [-0.2, -0.15) is 4.31 Å². The molecule has 2 rings (SSSR count). The maximum absolute atomic E-state index is 12.7. The van der Waals surface area contributed by atoms with E-state index in [4.69, 9.17) is 28.6 Å². The molecule has 1 aliphatic rings. The molecule has 0 atom stereocenters. The number of benzene rings is 1. The van der Waals surface area contributed by atoms with Crippen LogP contribution in [0.4, 0.5) is 5.69 Å². The van der Waals surface area contributed by atoms with E-state index < -0.39 is 10.0 Å². The van der Waals surface area contributed by atoms with Crippen LogP contribution in [0.2, 0.25) is 5.02 Å². The zero-order valence-electron chi connectivity index (χ0n) is 14.3. The van der Waals surface area contributed by atoms with Crippen molar-refractivity contribution in [1.29, 1.82) is 0 Å². The van der Waals surface area contributed by atoms with E-state index in [1.807, 2.05) is 0 Å². The molecule has 1 fully saturated rings. The molecule has 9 heteroatoms. The fraction of sp³-hybridized carbons (Fsp3) is 0.562. The smallest absolute Gasteiger partial charge is 0.243 e. The van der Waals surface area contributed by atoms with Gasteiger partial charge >= 0.3 is 0 Å². The van der Waals surface area contributed by atoms with Gasteiger partial charge in [-0.25, -0.2) is 8.42 Å². The van der Waals surface area contributed by atoms with Crippen LogP contribution in [0, 0.1) is 0 Å². The van der Waals surface area contributed by atoms with Gasteiger partial charge in [0.1, 0.15) is 0 Å². The van der Waals surface area contributed by atoms with Gasteiger partial charge in [-0.1, -0.05) is 31.4 Å². The minimum absolute atomic E-state index is 0.190. The Balaban J connectivity index is 2.07. The number of hydrogen-bond acceptors (Lipinski definition) is 4. The van der Waals surface area contributed by atoms with Crippen molar-refractivity contribution in [3.63, 3.8) is 0 Å². The predicted molar refractivity (Wildman–Crippen MR) is 105 cm³/mol. The molecule has 1 aromatic carbocycles. The number of halogens is 1. The standard InChI is InChI=1S/C16H24ClN3O3S2/c1-2-3-4-7-18-16(24)19-15-12-13(5-6-14(15)17)25(21,22)20-8-10-23-11-9-20/h5-6,12H,2-4,7-11H2,1H3,(H2,18,19,24). The highest BCUT2D eigenvalue weighted by molar-refractivity contribution is 7.89. The van der Waals surface area contributed by atoms with Crippen molar-refractivity contribution in [3.8, 4) is 0 Å². The van der Waals surface area contributed by atoms with Gasteiger partial charge in [0.2, 0.25) is 10.0 Å². The summed E-state index contributed by atoms with van der Waals surface area (Å²) >= 11 is 11.4. The fourth-order valence-electron chi connectivity index (χ4n) is 2.44. The highest BCUT2D eigenvalue weighted by Crippen LogP contribution is 2.27. The Kier molecular flexibility index (Phi) is 7.89. The number of thiocarbonyl (C=S) groups is 1. The number of unbranched alkanes of at least 4 members (excludes halogenated alkanes) is 2. The van der Waals surface area contributed by atoms with Crippen molar-refractivity contribution in [3.05, 3.63) is 23.2 Å². The monoisotopic (exact) mass is 405 g/mol. The van der Waals surface area contributed by atoms with E-state index in [0.717, 1.165) is 25.8 Å². The summed E-state index contributed by atoms with van der Waals surface area (Å²) in [5.41, 5.74) is 0.476. The number of nitrogens with zero attached hydrogens (tertiary/aromatic N) is 1. The molecule has 2 N–H and O–H groups in total. The largest absolute Gasteiger partial charge is 0.379 e. The van der Waals surface area contributed by atoms with Gasteiger partial charge in [-0.05, 0) is 36.8 Å². The molecule has 1 heterocycles. The summed E-state index contributed by atoms with van der Waals surface area (Å²) < 4.78 is 32.1. The normalized spacial score (nSPS) is 15.8. The van der Waals surface area contributed by atoms with Crippen LogP contribution in [0.5, 0.6) is 0 Å². The Bertz CT molecular complexity index is 692. The molecule has 0 saturated carbocycles. The van der Waals surface area contributed by atoms with Crippen molar-refractivity contribution in [2.75, 3.05) is 38.2 Å². The van der Waals surface area contributed by atoms with E-state index in [2.05, 4.69) is 17.6 Å². The summed E-state index contributed by atoms with van der Waals surface area (Å²) in [6, 6.07) is 4.60.